The van der Waals surface area contributed by atoms with E-state index >= 15 is 0 Å². The molecule has 1 aromatic carbocycles. The minimum Gasteiger partial charge on any atom is -0.496 e. The van der Waals surface area contributed by atoms with E-state index in [1.807, 2.05) is 18.2 Å². The van der Waals surface area contributed by atoms with Gasteiger partial charge in [-0.15, -0.1) is 0 Å². The summed E-state index contributed by atoms with van der Waals surface area (Å²) in [5, 5.41) is 0.801. The number of aldehydes is 1. The Morgan fingerprint density at radius 1 is 1.50 bits per heavy atom. The molecule has 0 aromatic heterocycles. The van der Waals surface area contributed by atoms with Crippen LogP contribution in [0.25, 0.3) is 6.08 Å². The number of halogens is 1. The first kappa shape index (κ1) is 11.0. The lowest BCUT2D eigenvalue weighted by Gasteiger charge is -2.03. The maximum Gasteiger partial charge on any atom is 0.153 e. The molecular formula is C11H11BrO2. The van der Waals surface area contributed by atoms with Crippen LogP contribution in [-0.4, -0.2) is 18.7 Å². The number of allylic oxidation sites excluding steroid dienone is 1. The summed E-state index contributed by atoms with van der Waals surface area (Å²) in [5.74, 6) is 0.607. The van der Waals surface area contributed by atoms with Crippen LogP contribution < -0.4 is 4.74 Å². The van der Waals surface area contributed by atoms with Crippen LogP contribution >= 0.6 is 15.9 Å². The van der Waals surface area contributed by atoms with E-state index < -0.39 is 0 Å². The van der Waals surface area contributed by atoms with Crippen LogP contribution in [0.15, 0.2) is 24.3 Å². The van der Waals surface area contributed by atoms with Gasteiger partial charge in [0.05, 0.1) is 12.7 Å². The highest BCUT2D eigenvalue weighted by Crippen LogP contribution is 2.18. The van der Waals surface area contributed by atoms with Crippen molar-refractivity contribution in [3.05, 3.63) is 35.4 Å². The molecule has 0 fully saturated rings. The average molecular weight is 255 g/mol. The molecule has 0 bridgehead atoms. The predicted molar refractivity (Wildman–Crippen MR) is 61.2 cm³/mol. The number of benzene rings is 1. The Hall–Kier alpha value is -1.09. The fourth-order valence-electron chi connectivity index (χ4n) is 1.13. The zero-order valence-corrected chi connectivity index (χ0v) is 9.45. The third kappa shape index (κ3) is 2.70. The molecular weight excluding hydrogens is 244 g/mol. The summed E-state index contributed by atoms with van der Waals surface area (Å²) < 4.78 is 5.03. The van der Waals surface area contributed by atoms with Gasteiger partial charge in [0.1, 0.15) is 5.75 Å². The van der Waals surface area contributed by atoms with Gasteiger partial charge in [0.2, 0.25) is 0 Å². The lowest BCUT2D eigenvalue weighted by atomic mass is 10.1. The van der Waals surface area contributed by atoms with Crippen molar-refractivity contribution < 1.29 is 9.53 Å². The first-order chi connectivity index (χ1) is 6.81. The first-order valence-electron chi connectivity index (χ1n) is 4.17. The van der Waals surface area contributed by atoms with Gasteiger partial charge in [-0.3, -0.25) is 4.79 Å². The standard InChI is InChI=1S/C11H11BrO2/c1-14-11-5-4-9(3-2-6-12)7-10(11)8-13/h2-5,7-8H,6H2,1H3. The third-order valence-corrected chi connectivity index (χ3v) is 2.15. The maximum absolute atomic E-state index is 10.7. The minimum atomic E-state index is 0.573. The average Bonchev–Trinajstić information content (AvgIpc) is 2.25. The second kappa shape index (κ2) is 5.60. The van der Waals surface area contributed by atoms with Crippen molar-refractivity contribution in [2.45, 2.75) is 0 Å². The molecule has 0 unspecified atom stereocenters. The number of carbonyl (C=O) groups is 1. The van der Waals surface area contributed by atoms with E-state index in [9.17, 15) is 4.79 Å². The summed E-state index contributed by atoms with van der Waals surface area (Å²) in [7, 11) is 1.55. The van der Waals surface area contributed by atoms with Crippen molar-refractivity contribution in [2.75, 3.05) is 12.4 Å². The molecule has 0 N–H and O–H groups in total. The van der Waals surface area contributed by atoms with E-state index in [4.69, 9.17) is 4.74 Å². The summed E-state index contributed by atoms with van der Waals surface area (Å²) in [6.45, 7) is 0. The Bertz CT molecular complexity index is 345. The highest BCUT2D eigenvalue weighted by atomic mass is 79.9. The van der Waals surface area contributed by atoms with Crippen LogP contribution in [0.2, 0.25) is 0 Å². The second-order valence-electron chi connectivity index (χ2n) is 2.68. The molecule has 0 saturated carbocycles. The van der Waals surface area contributed by atoms with Gasteiger partial charge in [0, 0.05) is 5.33 Å². The number of alkyl halides is 1. The Kier molecular flexibility index (Phi) is 4.40. The molecule has 1 rings (SSSR count). The largest absolute Gasteiger partial charge is 0.496 e. The second-order valence-corrected chi connectivity index (χ2v) is 3.32. The lowest BCUT2D eigenvalue weighted by molar-refractivity contribution is 0.112. The van der Waals surface area contributed by atoms with E-state index in [1.165, 1.54) is 0 Å². The van der Waals surface area contributed by atoms with Crippen molar-refractivity contribution in [3.63, 3.8) is 0 Å². The minimum absolute atomic E-state index is 0.573. The molecule has 1 aromatic rings. The molecule has 0 atom stereocenters. The smallest absolute Gasteiger partial charge is 0.153 e. The molecule has 0 spiro atoms. The Labute approximate surface area is 91.7 Å². The van der Waals surface area contributed by atoms with Crippen molar-refractivity contribution in [1.82, 2.24) is 0 Å². The lowest BCUT2D eigenvalue weighted by Crippen LogP contribution is -1.90. The molecule has 0 aliphatic heterocycles. The number of ether oxygens (including phenoxy) is 1. The van der Waals surface area contributed by atoms with E-state index in [-0.39, 0.29) is 0 Å². The van der Waals surface area contributed by atoms with Crippen molar-refractivity contribution in [1.29, 1.82) is 0 Å². The molecule has 0 radical (unpaired) electrons. The highest BCUT2D eigenvalue weighted by Gasteiger charge is 2.00. The molecule has 0 aliphatic rings. The van der Waals surface area contributed by atoms with Crippen molar-refractivity contribution >= 4 is 28.3 Å². The van der Waals surface area contributed by atoms with E-state index in [2.05, 4.69) is 15.9 Å². The van der Waals surface area contributed by atoms with Crippen LogP contribution in [-0.2, 0) is 0 Å². The summed E-state index contributed by atoms with van der Waals surface area (Å²) in [4.78, 5) is 10.7. The van der Waals surface area contributed by atoms with Crippen LogP contribution in [0.1, 0.15) is 15.9 Å². The molecule has 0 saturated heterocycles. The van der Waals surface area contributed by atoms with E-state index in [1.54, 1.807) is 19.2 Å². The number of hydrogen-bond acceptors (Lipinski definition) is 2. The van der Waals surface area contributed by atoms with Crippen LogP contribution in [0.3, 0.4) is 0 Å². The van der Waals surface area contributed by atoms with Crippen molar-refractivity contribution in [2.24, 2.45) is 0 Å². The van der Waals surface area contributed by atoms with Gasteiger partial charge >= 0.3 is 0 Å². The first-order valence-corrected chi connectivity index (χ1v) is 5.29. The van der Waals surface area contributed by atoms with Gasteiger partial charge in [-0.05, 0) is 17.7 Å². The quantitative estimate of drug-likeness (QED) is 0.610. The van der Waals surface area contributed by atoms with Gasteiger partial charge in [0.15, 0.2) is 6.29 Å². The molecule has 0 amide bonds. The van der Waals surface area contributed by atoms with Gasteiger partial charge in [-0.25, -0.2) is 0 Å². The van der Waals surface area contributed by atoms with E-state index in [0.29, 0.717) is 11.3 Å². The number of hydrogen-bond donors (Lipinski definition) is 0. The fourth-order valence-corrected chi connectivity index (χ4v) is 1.32. The Balaban J connectivity index is 3.01. The van der Waals surface area contributed by atoms with Crippen LogP contribution in [0.4, 0.5) is 0 Å². The number of methoxy groups -OCH3 is 1. The van der Waals surface area contributed by atoms with E-state index in [0.717, 1.165) is 17.2 Å². The Morgan fingerprint density at radius 3 is 2.86 bits per heavy atom. The molecule has 0 aliphatic carbocycles. The zero-order valence-electron chi connectivity index (χ0n) is 7.87. The summed E-state index contributed by atoms with van der Waals surface area (Å²) in [6.07, 6.45) is 4.71. The maximum atomic E-state index is 10.7. The molecule has 14 heavy (non-hydrogen) atoms. The molecule has 74 valence electrons. The summed E-state index contributed by atoms with van der Waals surface area (Å²) >= 11 is 3.29. The van der Waals surface area contributed by atoms with Gasteiger partial charge in [-0.2, -0.15) is 0 Å². The molecule has 3 heteroatoms. The van der Waals surface area contributed by atoms with Gasteiger partial charge < -0.3 is 4.74 Å². The number of rotatable bonds is 4. The van der Waals surface area contributed by atoms with Gasteiger partial charge in [0.25, 0.3) is 0 Å². The number of carbonyl (C=O) groups excluding carboxylic acids is 1. The molecule has 2 nitrogen and oxygen atoms in total. The SMILES string of the molecule is COc1ccc(C=CCBr)cc1C=O. The monoisotopic (exact) mass is 254 g/mol. The third-order valence-electron chi connectivity index (χ3n) is 1.78. The topological polar surface area (TPSA) is 26.3 Å². The Morgan fingerprint density at radius 2 is 2.29 bits per heavy atom. The van der Waals surface area contributed by atoms with Crippen LogP contribution in [0, 0.1) is 0 Å². The highest BCUT2D eigenvalue weighted by molar-refractivity contribution is 9.09. The zero-order chi connectivity index (χ0) is 10.4. The predicted octanol–water partition coefficient (Wildman–Crippen LogP) is 2.92. The summed E-state index contributed by atoms with van der Waals surface area (Å²) in [6, 6.07) is 5.49. The normalized spacial score (nSPS) is 10.4. The summed E-state index contributed by atoms with van der Waals surface area (Å²) in [5.41, 5.74) is 1.57. The fraction of sp³-hybridized carbons (Fsp3) is 0.182. The molecule has 0 heterocycles. The van der Waals surface area contributed by atoms with Crippen LogP contribution in [0.5, 0.6) is 5.75 Å². The van der Waals surface area contributed by atoms with Crippen molar-refractivity contribution in [3.8, 4) is 5.75 Å². The van der Waals surface area contributed by atoms with Gasteiger partial charge in [-0.1, -0.05) is 34.1 Å².